The summed E-state index contributed by atoms with van der Waals surface area (Å²) in [6.45, 7) is 9.97. The quantitative estimate of drug-likeness (QED) is 0.538. The predicted octanol–water partition coefficient (Wildman–Crippen LogP) is 4.35. The van der Waals surface area contributed by atoms with Crippen molar-refractivity contribution in [2.24, 2.45) is 35.5 Å². The molecule has 14 heavy (non-hydrogen) atoms. The second kappa shape index (κ2) is 3.87. The Kier molecular flexibility index (Phi) is 2.91. The van der Waals surface area contributed by atoms with E-state index in [0.717, 1.165) is 35.5 Å². The molecule has 6 atom stereocenters. The van der Waals surface area contributed by atoms with Crippen molar-refractivity contribution in [3.05, 3.63) is 0 Å². The molecule has 2 aliphatic carbocycles. The van der Waals surface area contributed by atoms with Crippen LogP contribution >= 0.6 is 0 Å². The van der Waals surface area contributed by atoms with Crippen LogP contribution in [0.2, 0.25) is 0 Å². The second-order valence-electron chi connectivity index (χ2n) is 6.20. The summed E-state index contributed by atoms with van der Waals surface area (Å²) in [5.74, 6) is 6.04. The van der Waals surface area contributed by atoms with E-state index in [0.29, 0.717) is 0 Å². The standard InChI is InChI=1S/C14H26/c1-9-6-5-7-13-12(4)10(2)8-11(3)14(9)13/h9-14H,5-8H2,1-4H3. The number of rotatable bonds is 0. The fraction of sp³-hybridized carbons (Fsp3) is 1.00. The molecule has 0 spiro atoms. The Morgan fingerprint density at radius 2 is 1.50 bits per heavy atom. The molecule has 0 nitrogen and oxygen atoms in total. The Hall–Kier alpha value is 0. The third-order valence-corrected chi connectivity index (χ3v) is 5.32. The van der Waals surface area contributed by atoms with Crippen molar-refractivity contribution in [2.45, 2.75) is 53.4 Å². The SMILES string of the molecule is CC1CC(C)C2C(C)CCCC2C1C. The molecule has 0 aromatic rings. The van der Waals surface area contributed by atoms with Crippen LogP contribution < -0.4 is 0 Å². The average Bonchev–Trinajstić information content (AvgIpc) is 2.14. The van der Waals surface area contributed by atoms with Crippen LogP contribution in [-0.2, 0) is 0 Å². The van der Waals surface area contributed by atoms with Gasteiger partial charge in [0.05, 0.1) is 0 Å². The van der Waals surface area contributed by atoms with Gasteiger partial charge < -0.3 is 0 Å². The van der Waals surface area contributed by atoms with E-state index < -0.39 is 0 Å². The minimum atomic E-state index is 0.969. The summed E-state index contributed by atoms with van der Waals surface area (Å²) in [6.07, 6.45) is 5.98. The van der Waals surface area contributed by atoms with Gasteiger partial charge >= 0.3 is 0 Å². The molecular weight excluding hydrogens is 168 g/mol. The van der Waals surface area contributed by atoms with E-state index in [2.05, 4.69) is 27.7 Å². The number of hydrogen-bond acceptors (Lipinski definition) is 0. The molecule has 2 aliphatic rings. The van der Waals surface area contributed by atoms with Crippen molar-refractivity contribution in [3.63, 3.8) is 0 Å². The summed E-state index contributed by atoms with van der Waals surface area (Å²) in [5, 5.41) is 0. The summed E-state index contributed by atoms with van der Waals surface area (Å²) >= 11 is 0. The highest BCUT2D eigenvalue weighted by molar-refractivity contribution is 4.92. The first-order valence-electron chi connectivity index (χ1n) is 6.61. The molecule has 82 valence electrons. The fourth-order valence-electron chi connectivity index (χ4n) is 4.46. The van der Waals surface area contributed by atoms with E-state index in [1.165, 1.54) is 25.7 Å². The maximum atomic E-state index is 2.51. The molecule has 0 saturated heterocycles. The van der Waals surface area contributed by atoms with Gasteiger partial charge in [-0.05, 0) is 48.3 Å². The van der Waals surface area contributed by atoms with E-state index in [-0.39, 0.29) is 0 Å². The highest BCUT2D eigenvalue weighted by Crippen LogP contribution is 2.50. The van der Waals surface area contributed by atoms with Crippen molar-refractivity contribution in [2.75, 3.05) is 0 Å². The van der Waals surface area contributed by atoms with Gasteiger partial charge in [-0.2, -0.15) is 0 Å². The van der Waals surface area contributed by atoms with E-state index in [9.17, 15) is 0 Å². The van der Waals surface area contributed by atoms with Crippen LogP contribution in [0.3, 0.4) is 0 Å². The van der Waals surface area contributed by atoms with E-state index >= 15 is 0 Å². The van der Waals surface area contributed by atoms with Crippen LogP contribution in [0.4, 0.5) is 0 Å². The first kappa shape index (κ1) is 10.5. The van der Waals surface area contributed by atoms with Gasteiger partial charge in [-0.1, -0.05) is 40.5 Å². The zero-order valence-electron chi connectivity index (χ0n) is 10.3. The molecule has 6 unspecified atom stereocenters. The van der Waals surface area contributed by atoms with Crippen LogP contribution in [0.5, 0.6) is 0 Å². The van der Waals surface area contributed by atoms with Crippen molar-refractivity contribution in [3.8, 4) is 0 Å². The molecule has 0 radical (unpaired) electrons. The molecule has 0 N–H and O–H groups in total. The first-order chi connectivity index (χ1) is 6.61. The Morgan fingerprint density at radius 1 is 0.786 bits per heavy atom. The van der Waals surface area contributed by atoms with Crippen molar-refractivity contribution in [1.82, 2.24) is 0 Å². The molecule has 0 aromatic carbocycles. The highest BCUT2D eigenvalue weighted by atomic mass is 14.5. The lowest BCUT2D eigenvalue weighted by atomic mass is 9.56. The molecule has 0 bridgehead atoms. The normalized spacial score (nSPS) is 54.0. The van der Waals surface area contributed by atoms with Crippen LogP contribution in [0.15, 0.2) is 0 Å². The summed E-state index contributed by atoms with van der Waals surface area (Å²) in [7, 11) is 0. The van der Waals surface area contributed by atoms with Gasteiger partial charge in [0.15, 0.2) is 0 Å². The van der Waals surface area contributed by atoms with Gasteiger partial charge in [0.2, 0.25) is 0 Å². The molecular formula is C14H26. The van der Waals surface area contributed by atoms with Crippen LogP contribution in [0.1, 0.15) is 53.4 Å². The lowest BCUT2D eigenvalue weighted by molar-refractivity contribution is -0.00353. The molecule has 0 amide bonds. The Labute approximate surface area is 89.5 Å². The van der Waals surface area contributed by atoms with Gasteiger partial charge in [-0.25, -0.2) is 0 Å². The largest absolute Gasteiger partial charge is 0.0622 e. The lowest BCUT2D eigenvalue weighted by Gasteiger charge is -2.50. The highest BCUT2D eigenvalue weighted by Gasteiger charge is 2.42. The van der Waals surface area contributed by atoms with Gasteiger partial charge in [0.25, 0.3) is 0 Å². The zero-order chi connectivity index (χ0) is 10.3. The van der Waals surface area contributed by atoms with Crippen molar-refractivity contribution >= 4 is 0 Å². The van der Waals surface area contributed by atoms with Crippen LogP contribution in [0, 0.1) is 35.5 Å². The third-order valence-electron chi connectivity index (χ3n) is 5.32. The summed E-state index contributed by atoms with van der Waals surface area (Å²) < 4.78 is 0. The van der Waals surface area contributed by atoms with E-state index in [4.69, 9.17) is 0 Å². The molecule has 0 heterocycles. The van der Waals surface area contributed by atoms with Crippen molar-refractivity contribution < 1.29 is 0 Å². The van der Waals surface area contributed by atoms with E-state index in [1.807, 2.05) is 0 Å². The number of hydrogen-bond donors (Lipinski definition) is 0. The third kappa shape index (κ3) is 1.61. The van der Waals surface area contributed by atoms with Crippen LogP contribution in [-0.4, -0.2) is 0 Å². The molecule has 2 rings (SSSR count). The molecule has 2 saturated carbocycles. The smallest absolute Gasteiger partial charge is 0.0332 e. The Morgan fingerprint density at radius 3 is 2.21 bits per heavy atom. The number of fused-ring (bicyclic) bond motifs is 1. The maximum absolute atomic E-state index is 2.51. The van der Waals surface area contributed by atoms with E-state index in [1.54, 1.807) is 0 Å². The van der Waals surface area contributed by atoms with Gasteiger partial charge in [-0.15, -0.1) is 0 Å². The monoisotopic (exact) mass is 194 g/mol. The summed E-state index contributed by atoms with van der Waals surface area (Å²) in [4.78, 5) is 0. The van der Waals surface area contributed by atoms with Crippen molar-refractivity contribution in [1.29, 1.82) is 0 Å². The second-order valence-corrected chi connectivity index (χ2v) is 6.20. The lowest BCUT2D eigenvalue weighted by Crippen LogP contribution is -2.42. The fourth-order valence-corrected chi connectivity index (χ4v) is 4.46. The average molecular weight is 194 g/mol. The van der Waals surface area contributed by atoms with Gasteiger partial charge in [-0.3, -0.25) is 0 Å². The summed E-state index contributed by atoms with van der Waals surface area (Å²) in [5.41, 5.74) is 0. The Balaban J connectivity index is 2.16. The molecule has 2 fully saturated rings. The van der Waals surface area contributed by atoms with Gasteiger partial charge in [0.1, 0.15) is 0 Å². The predicted molar refractivity (Wildman–Crippen MR) is 62.1 cm³/mol. The van der Waals surface area contributed by atoms with Crippen LogP contribution in [0.25, 0.3) is 0 Å². The first-order valence-corrected chi connectivity index (χ1v) is 6.61. The maximum Gasteiger partial charge on any atom is -0.0332 e. The molecule has 0 aliphatic heterocycles. The van der Waals surface area contributed by atoms with Gasteiger partial charge in [0, 0.05) is 0 Å². The topological polar surface area (TPSA) is 0 Å². The molecule has 0 aromatic heterocycles. The Bertz CT molecular complexity index is 196. The minimum Gasteiger partial charge on any atom is -0.0622 e. The zero-order valence-corrected chi connectivity index (χ0v) is 10.3. The summed E-state index contributed by atoms with van der Waals surface area (Å²) in [6, 6.07) is 0. The molecule has 0 heteroatoms. The minimum absolute atomic E-state index is 0.969.